The van der Waals surface area contributed by atoms with Gasteiger partial charge in [-0.25, -0.2) is 0 Å². The number of hydrogen-bond donors (Lipinski definition) is 1. The second-order valence-electron chi connectivity index (χ2n) is 6.99. The zero-order chi connectivity index (χ0) is 22.4. The minimum absolute atomic E-state index is 0.0490. The number of carbonyl (C=O) groups excluding carboxylic acids is 2. The first kappa shape index (κ1) is 22.0. The van der Waals surface area contributed by atoms with Crippen LogP contribution < -0.4 is 14.8 Å². The molecule has 1 aromatic carbocycles. The minimum atomic E-state index is -0.605. The van der Waals surface area contributed by atoms with Crippen LogP contribution in [0.25, 0.3) is 0 Å². The Morgan fingerprint density at radius 1 is 1.29 bits per heavy atom. The number of nitro benzene ring substituents is 1. The molecule has 0 atom stereocenters. The standard InChI is InChI=1S/C21H24N4O6/c1-3-31-19-11-16(17(25(28)29)12-18(19)30-2)21(27)24-9-6-15(7-10-24)23-20(26)14-5-4-8-22-13-14/h4-5,8,11-13,15H,3,6-7,9-10H2,1-2H3,(H,23,26). The maximum atomic E-state index is 13.1. The van der Waals surface area contributed by atoms with Gasteiger partial charge >= 0.3 is 0 Å². The average Bonchev–Trinajstić information content (AvgIpc) is 2.79. The Morgan fingerprint density at radius 3 is 2.61 bits per heavy atom. The van der Waals surface area contributed by atoms with E-state index in [9.17, 15) is 19.7 Å². The largest absolute Gasteiger partial charge is 0.493 e. The van der Waals surface area contributed by atoms with E-state index in [1.165, 1.54) is 25.4 Å². The summed E-state index contributed by atoms with van der Waals surface area (Å²) < 4.78 is 10.6. The molecule has 0 aliphatic carbocycles. The average molecular weight is 428 g/mol. The number of nitro groups is 1. The van der Waals surface area contributed by atoms with E-state index in [2.05, 4.69) is 10.3 Å². The van der Waals surface area contributed by atoms with Crippen LogP contribution in [-0.2, 0) is 0 Å². The van der Waals surface area contributed by atoms with Crippen molar-refractivity contribution in [2.24, 2.45) is 0 Å². The van der Waals surface area contributed by atoms with E-state index in [1.807, 2.05) is 0 Å². The number of hydrogen-bond acceptors (Lipinski definition) is 7. The predicted molar refractivity (Wildman–Crippen MR) is 111 cm³/mol. The first-order valence-electron chi connectivity index (χ1n) is 9.94. The molecule has 0 unspecified atom stereocenters. The molecule has 10 nitrogen and oxygen atoms in total. The monoisotopic (exact) mass is 428 g/mol. The molecule has 0 saturated carbocycles. The molecule has 2 heterocycles. The van der Waals surface area contributed by atoms with Crippen molar-refractivity contribution in [2.75, 3.05) is 26.8 Å². The predicted octanol–water partition coefficient (Wildman–Crippen LogP) is 2.43. The number of nitrogens with zero attached hydrogens (tertiary/aromatic N) is 3. The molecule has 2 aromatic rings. The number of benzene rings is 1. The molecule has 1 aliphatic rings. The quantitative estimate of drug-likeness (QED) is 0.530. The van der Waals surface area contributed by atoms with Gasteiger partial charge in [-0.15, -0.1) is 0 Å². The second-order valence-corrected chi connectivity index (χ2v) is 6.99. The Labute approximate surface area is 179 Å². The van der Waals surface area contributed by atoms with E-state index in [0.29, 0.717) is 38.1 Å². The number of ether oxygens (including phenoxy) is 2. The van der Waals surface area contributed by atoms with Gasteiger partial charge in [0.1, 0.15) is 5.56 Å². The lowest BCUT2D eigenvalue weighted by Crippen LogP contribution is -2.46. The lowest BCUT2D eigenvalue weighted by Gasteiger charge is -2.32. The normalized spacial score (nSPS) is 14.1. The van der Waals surface area contributed by atoms with Crippen LogP contribution in [0.5, 0.6) is 11.5 Å². The summed E-state index contributed by atoms with van der Waals surface area (Å²) in [6, 6.07) is 5.84. The second kappa shape index (κ2) is 9.88. The van der Waals surface area contributed by atoms with Crippen molar-refractivity contribution in [3.8, 4) is 11.5 Å². The van der Waals surface area contributed by atoms with Gasteiger partial charge < -0.3 is 19.7 Å². The molecule has 0 radical (unpaired) electrons. The number of nitrogens with one attached hydrogen (secondary N) is 1. The highest BCUT2D eigenvalue weighted by Crippen LogP contribution is 2.35. The van der Waals surface area contributed by atoms with E-state index < -0.39 is 10.8 Å². The third-order valence-electron chi connectivity index (χ3n) is 5.05. The van der Waals surface area contributed by atoms with Crippen LogP contribution in [0, 0.1) is 10.1 Å². The number of likely N-dealkylation sites (tertiary alicyclic amines) is 1. The van der Waals surface area contributed by atoms with E-state index in [1.54, 1.807) is 30.2 Å². The molecule has 0 spiro atoms. The number of carbonyl (C=O) groups is 2. The molecule has 31 heavy (non-hydrogen) atoms. The lowest BCUT2D eigenvalue weighted by atomic mass is 10.0. The zero-order valence-corrected chi connectivity index (χ0v) is 17.4. The molecule has 1 saturated heterocycles. The van der Waals surface area contributed by atoms with Crippen LogP contribution in [0.4, 0.5) is 5.69 Å². The summed E-state index contributed by atoms with van der Waals surface area (Å²) in [6.07, 6.45) is 4.17. The zero-order valence-electron chi connectivity index (χ0n) is 17.4. The van der Waals surface area contributed by atoms with Crippen molar-refractivity contribution in [3.05, 3.63) is 57.9 Å². The third kappa shape index (κ3) is 5.08. The first-order valence-corrected chi connectivity index (χ1v) is 9.94. The molecule has 2 amide bonds. The molecule has 1 fully saturated rings. The van der Waals surface area contributed by atoms with Crippen LogP contribution in [0.15, 0.2) is 36.7 Å². The topological polar surface area (TPSA) is 124 Å². The fourth-order valence-corrected chi connectivity index (χ4v) is 3.46. The molecule has 1 aromatic heterocycles. The molecule has 164 valence electrons. The molecule has 1 aliphatic heterocycles. The van der Waals surface area contributed by atoms with Gasteiger partial charge in [0.25, 0.3) is 17.5 Å². The highest BCUT2D eigenvalue weighted by atomic mass is 16.6. The highest BCUT2D eigenvalue weighted by Gasteiger charge is 2.31. The Morgan fingerprint density at radius 2 is 2.03 bits per heavy atom. The fraction of sp³-hybridized carbons (Fsp3) is 0.381. The summed E-state index contributed by atoms with van der Waals surface area (Å²) in [6.45, 7) is 2.82. The molecule has 0 bridgehead atoms. The summed E-state index contributed by atoms with van der Waals surface area (Å²) in [5.41, 5.74) is 0.0859. The Hall–Kier alpha value is -3.69. The van der Waals surface area contributed by atoms with E-state index >= 15 is 0 Å². The Bertz CT molecular complexity index is 958. The first-order chi connectivity index (χ1) is 14.9. The van der Waals surface area contributed by atoms with E-state index in [0.717, 1.165) is 0 Å². The summed E-state index contributed by atoms with van der Waals surface area (Å²) in [7, 11) is 1.38. The third-order valence-corrected chi connectivity index (χ3v) is 5.05. The van der Waals surface area contributed by atoms with Crippen molar-refractivity contribution in [1.29, 1.82) is 0 Å². The lowest BCUT2D eigenvalue weighted by molar-refractivity contribution is -0.385. The number of rotatable bonds is 7. The molecule has 10 heteroatoms. The van der Waals surface area contributed by atoms with Gasteiger partial charge in [-0.05, 0) is 31.9 Å². The van der Waals surface area contributed by atoms with Crippen molar-refractivity contribution in [2.45, 2.75) is 25.8 Å². The maximum Gasteiger partial charge on any atom is 0.286 e. The fourth-order valence-electron chi connectivity index (χ4n) is 3.46. The molecular formula is C21H24N4O6. The van der Waals surface area contributed by atoms with Gasteiger partial charge in [0.05, 0.1) is 30.3 Å². The van der Waals surface area contributed by atoms with Crippen molar-refractivity contribution in [3.63, 3.8) is 0 Å². The van der Waals surface area contributed by atoms with Crippen LogP contribution in [0.1, 0.15) is 40.5 Å². The van der Waals surface area contributed by atoms with Gasteiger partial charge in [0, 0.05) is 37.6 Å². The number of methoxy groups -OCH3 is 1. The molecule has 3 rings (SSSR count). The molecular weight excluding hydrogens is 404 g/mol. The minimum Gasteiger partial charge on any atom is -0.493 e. The maximum absolute atomic E-state index is 13.1. The Balaban J connectivity index is 1.70. The van der Waals surface area contributed by atoms with Gasteiger partial charge in [-0.2, -0.15) is 0 Å². The van der Waals surface area contributed by atoms with Crippen LogP contribution >= 0.6 is 0 Å². The van der Waals surface area contributed by atoms with E-state index in [4.69, 9.17) is 9.47 Å². The molecule has 1 N–H and O–H groups in total. The summed E-state index contributed by atoms with van der Waals surface area (Å²) in [5, 5.41) is 14.5. The summed E-state index contributed by atoms with van der Waals surface area (Å²) in [4.78, 5) is 41.8. The van der Waals surface area contributed by atoms with Gasteiger partial charge in [0.2, 0.25) is 0 Å². The van der Waals surface area contributed by atoms with Crippen LogP contribution in [0.2, 0.25) is 0 Å². The Kier molecular flexibility index (Phi) is 7.01. The van der Waals surface area contributed by atoms with Gasteiger partial charge in [-0.1, -0.05) is 0 Å². The number of piperidine rings is 1. The summed E-state index contributed by atoms with van der Waals surface area (Å²) >= 11 is 0. The van der Waals surface area contributed by atoms with Crippen molar-refractivity contribution < 1.29 is 24.0 Å². The van der Waals surface area contributed by atoms with Crippen molar-refractivity contribution in [1.82, 2.24) is 15.2 Å². The SMILES string of the molecule is CCOc1cc(C(=O)N2CCC(NC(=O)c3cccnc3)CC2)c([N+](=O)[O-])cc1OC. The smallest absolute Gasteiger partial charge is 0.286 e. The highest BCUT2D eigenvalue weighted by molar-refractivity contribution is 5.99. The van der Waals surface area contributed by atoms with E-state index in [-0.39, 0.29) is 34.7 Å². The van der Waals surface area contributed by atoms with Gasteiger partial charge in [0.15, 0.2) is 11.5 Å². The van der Waals surface area contributed by atoms with Gasteiger partial charge in [-0.3, -0.25) is 24.7 Å². The van der Waals surface area contributed by atoms with Crippen LogP contribution in [-0.4, -0.2) is 59.5 Å². The summed E-state index contributed by atoms with van der Waals surface area (Å²) in [5.74, 6) is -0.197. The van der Waals surface area contributed by atoms with Crippen LogP contribution in [0.3, 0.4) is 0 Å². The number of pyridine rings is 1. The number of amides is 2. The van der Waals surface area contributed by atoms with Crippen molar-refractivity contribution >= 4 is 17.5 Å². The number of aromatic nitrogens is 1.